The van der Waals surface area contributed by atoms with Crippen molar-refractivity contribution in [1.82, 2.24) is 0 Å². The zero-order valence-corrected chi connectivity index (χ0v) is 45.2. The van der Waals surface area contributed by atoms with E-state index in [1.807, 2.05) is 0 Å². The van der Waals surface area contributed by atoms with Crippen LogP contribution in [0, 0.1) is 0 Å². The van der Waals surface area contributed by atoms with Gasteiger partial charge in [0.2, 0.25) is 0 Å². The molecule has 70 heavy (non-hydrogen) atoms. The minimum atomic E-state index is -0.828. The van der Waals surface area contributed by atoms with Crippen molar-refractivity contribution in [2.45, 2.75) is 252 Å². The lowest BCUT2D eigenvalue weighted by Crippen LogP contribution is -2.30. The third-order valence-electron chi connectivity index (χ3n) is 11.7. The summed E-state index contributed by atoms with van der Waals surface area (Å²) >= 11 is 0. The molecule has 0 saturated heterocycles. The summed E-state index contributed by atoms with van der Waals surface area (Å²) in [6, 6.07) is 0. The van der Waals surface area contributed by atoms with E-state index in [9.17, 15) is 14.4 Å². The third-order valence-corrected chi connectivity index (χ3v) is 11.7. The molecule has 0 radical (unpaired) electrons. The Kier molecular flexibility index (Phi) is 54.0. The molecule has 0 spiro atoms. The van der Waals surface area contributed by atoms with Gasteiger partial charge < -0.3 is 14.2 Å². The van der Waals surface area contributed by atoms with Crippen molar-refractivity contribution in [3.05, 3.63) is 122 Å². The van der Waals surface area contributed by atoms with E-state index in [0.29, 0.717) is 19.3 Å². The summed E-state index contributed by atoms with van der Waals surface area (Å²) in [5, 5.41) is 0. The Morgan fingerprint density at radius 3 is 0.971 bits per heavy atom. The van der Waals surface area contributed by atoms with E-state index in [2.05, 4.69) is 142 Å². The lowest BCUT2D eigenvalue weighted by Gasteiger charge is -2.18. The first-order valence-corrected chi connectivity index (χ1v) is 28.5. The minimum Gasteiger partial charge on any atom is -0.462 e. The molecule has 0 saturated carbocycles. The first-order valence-electron chi connectivity index (χ1n) is 28.5. The molecule has 0 aromatic rings. The molecule has 0 aliphatic rings. The maximum atomic E-state index is 12.8. The van der Waals surface area contributed by atoms with Crippen molar-refractivity contribution < 1.29 is 28.6 Å². The van der Waals surface area contributed by atoms with Crippen LogP contribution in [0.15, 0.2) is 122 Å². The Bertz CT molecular complexity index is 1490. The molecule has 0 bridgehead atoms. The summed E-state index contributed by atoms with van der Waals surface area (Å²) in [7, 11) is 0. The highest BCUT2D eigenvalue weighted by molar-refractivity contribution is 5.71. The summed E-state index contributed by atoms with van der Waals surface area (Å²) < 4.78 is 16.8. The zero-order valence-electron chi connectivity index (χ0n) is 45.2. The van der Waals surface area contributed by atoms with Gasteiger partial charge in [-0.15, -0.1) is 0 Å². The predicted octanol–water partition coefficient (Wildman–Crippen LogP) is 19.3. The molecule has 0 amide bonds. The number of carbonyl (C=O) groups is 3. The summed E-state index contributed by atoms with van der Waals surface area (Å²) in [5.74, 6) is -1.02. The van der Waals surface area contributed by atoms with Gasteiger partial charge in [0.05, 0.1) is 0 Å². The standard InChI is InChI=1S/C64H104O6/c1-4-7-10-13-16-19-22-25-28-31-32-34-36-39-42-45-48-51-54-57-63(66)69-60-61(59-68-62(65)56-53-50-47-44-41-38-35-30-27-24-21-18-15-12-9-6-3)70-64(67)58-55-52-49-46-43-40-37-33-29-26-23-20-17-14-11-8-5-2/h7,10,16-17,19-20,25-26,28-30,32,34-35,37,39-40,42,46,49,61H,4-6,8-9,11-15,18,21-24,27,31,33,36,38,41,43-45,47-48,50-60H2,1-3H3/b10-7-,19-16-,20-17-,28-25-,29-26-,34-32-,35-30-,40-37-,42-39-,49-46-. The van der Waals surface area contributed by atoms with Crippen LogP contribution in [-0.2, 0) is 28.6 Å². The normalized spacial score (nSPS) is 13.0. The molecule has 0 aliphatic carbocycles. The van der Waals surface area contributed by atoms with Crippen LogP contribution in [0.3, 0.4) is 0 Å². The van der Waals surface area contributed by atoms with Crippen LogP contribution in [0.25, 0.3) is 0 Å². The van der Waals surface area contributed by atoms with Gasteiger partial charge in [-0.25, -0.2) is 0 Å². The van der Waals surface area contributed by atoms with Crippen LogP contribution >= 0.6 is 0 Å². The van der Waals surface area contributed by atoms with Gasteiger partial charge in [0.1, 0.15) is 13.2 Å². The van der Waals surface area contributed by atoms with Gasteiger partial charge in [-0.3, -0.25) is 14.4 Å². The smallest absolute Gasteiger partial charge is 0.306 e. The molecule has 0 rings (SSSR count). The highest BCUT2D eigenvalue weighted by Gasteiger charge is 2.19. The molecule has 0 aromatic carbocycles. The minimum absolute atomic E-state index is 0.118. The van der Waals surface area contributed by atoms with Gasteiger partial charge >= 0.3 is 17.9 Å². The highest BCUT2D eigenvalue weighted by atomic mass is 16.6. The predicted molar refractivity (Wildman–Crippen MR) is 302 cm³/mol. The first kappa shape index (κ1) is 65.8. The SMILES string of the molecule is CC/C=C\C/C=C\C/C=C\C/C=C\C/C=C\CCCCCC(=O)OCC(COC(=O)CCCCCCC/C=C\CCCCCCCCC)OC(=O)CCC/C=C\C/C=C\C/C=C\C/C=C\CCCCC. The van der Waals surface area contributed by atoms with E-state index < -0.39 is 6.10 Å². The Balaban J connectivity index is 4.56. The summed E-state index contributed by atoms with van der Waals surface area (Å²) in [6.45, 7) is 6.41. The van der Waals surface area contributed by atoms with Crippen molar-refractivity contribution in [1.29, 1.82) is 0 Å². The first-order chi connectivity index (χ1) is 34.5. The topological polar surface area (TPSA) is 78.9 Å². The van der Waals surface area contributed by atoms with Gasteiger partial charge in [0, 0.05) is 19.3 Å². The number of esters is 3. The van der Waals surface area contributed by atoms with E-state index in [4.69, 9.17) is 14.2 Å². The van der Waals surface area contributed by atoms with Crippen molar-refractivity contribution in [3.63, 3.8) is 0 Å². The van der Waals surface area contributed by atoms with Gasteiger partial charge in [-0.05, 0) is 128 Å². The van der Waals surface area contributed by atoms with Crippen LogP contribution in [0.5, 0.6) is 0 Å². The Hall–Kier alpha value is -4.19. The Labute approximate surface area is 431 Å². The lowest BCUT2D eigenvalue weighted by atomic mass is 10.1. The van der Waals surface area contributed by atoms with Crippen LogP contribution < -0.4 is 0 Å². The van der Waals surface area contributed by atoms with Crippen molar-refractivity contribution in [2.75, 3.05) is 13.2 Å². The van der Waals surface area contributed by atoms with E-state index in [1.54, 1.807) is 0 Å². The number of unbranched alkanes of at least 4 members (excludes halogenated alkanes) is 19. The number of hydrogen-bond acceptors (Lipinski definition) is 6. The van der Waals surface area contributed by atoms with Crippen LogP contribution in [0.4, 0.5) is 0 Å². The van der Waals surface area contributed by atoms with E-state index in [1.165, 1.54) is 83.5 Å². The summed E-state index contributed by atoms with van der Waals surface area (Å²) in [6.07, 6.45) is 79.0. The molecule has 396 valence electrons. The van der Waals surface area contributed by atoms with Crippen LogP contribution in [-0.4, -0.2) is 37.2 Å². The number of ether oxygens (including phenoxy) is 3. The second kappa shape index (κ2) is 57.4. The van der Waals surface area contributed by atoms with Crippen molar-refractivity contribution in [3.8, 4) is 0 Å². The maximum absolute atomic E-state index is 12.8. The van der Waals surface area contributed by atoms with Gasteiger partial charge in [0.25, 0.3) is 0 Å². The second-order valence-corrected chi connectivity index (χ2v) is 18.5. The fourth-order valence-electron chi connectivity index (χ4n) is 7.40. The molecule has 6 heteroatoms. The molecule has 0 aromatic heterocycles. The van der Waals surface area contributed by atoms with Gasteiger partial charge in [-0.2, -0.15) is 0 Å². The summed E-state index contributed by atoms with van der Waals surface area (Å²) in [4.78, 5) is 38.1. The van der Waals surface area contributed by atoms with Crippen LogP contribution in [0.1, 0.15) is 245 Å². The van der Waals surface area contributed by atoms with Crippen molar-refractivity contribution >= 4 is 17.9 Å². The molecule has 1 atom stereocenters. The lowest BCUT2D eigenvalue weighted by molar-refractivity contribution is -0.167. The second-order valence-electron chi connectivity index (χ2n) is 18.5. The summed E-state index contributed by atoms with van der Waals surface area (Å²) in [5.41, 5.74) is 0. The quantitative estimate of drug-likeness (QED) is 0.0262. The number of carbonyl (C=O) groups excluding carboxylic acids is 3. The average Bonchev–Trinajstić information content (AvgIpc) is 3.36. The fraction of sp³-hybridized carbons (Fsp3) is 0.641. The van der Waals surface area contributed by atoms with Gasteiger partial charge in [-0.1, -0.05) is 219 Å². The molecule has 0 fully saturated rings. The van der Waals surface area contributed by atoms with E-state index in [0.717, 1.165) is 116 Å². The van der Waals surface area contributed by atoms with E-state index >= 15 is 0 Å². The fourth-order valence-corrected chi connectivity index (χ4v) is 7.40. The van der Waals surface area contributed by atoms with Gasteiger partial charge in [0.15, 0.2) is 6.10 Å². The Morgan fingerprint density at radius 1 is 0.300 bits per heavy atom. The average molecular weight is 970 g/mol. The molecular formula is C64H104O6. The molecule has 6 nitrogen and oxygen atoms in total. The largest absolute Gasteiger partial charge is 0.462 e. The van der Waals surface area contributed by atoms with Crippen LogP contribution in [0.2, 0.25) is 0 Å². The number of hydrogen-bond donors (Lipinski definition) is 0. The maximum Gasteiger partial charge on any atom is 0.306 e. The molecule has 0 N–H and O–H groups in total. The Morgan fingerprint density at radius 2 is 0.571 bits per heavy atom. The molecule has 1 unspecified atom stereocenters. The third kappa shape index (κ3) is 54.7. The monoisotopic (exact) mass is 969 g/mol. The number of allylic oxidation sites excluding steroid dienone is 20. The zero-order chi connectivity index (χ0) is 50.7. The number of rotatable bonds is 50. The van der Waals surface area contributed by atoms with Crippen molar-refractivity contribution in [2.24, 2.45) is 0 Å². The molecule has 0 aliphatic heterocycles. The highest BCUT2D eigenvalue weighted by Crippen LogP contribution is 2.13. The molecular weight excluding hydrogens is 865 g/mol. The van der Waals surface area contributed by atoms with E-state index in [-0.39, 0.29) is 37.5 Å². The molecule has 0 heterocycles.